The molecule has 0 heterocycles. The molecule has 100 valence electrons. The minimum atomic E-state index is -0.153. The molecule has 0 amide bonds. The van der Waals surface area contributed by atoms with E-state index in [1.165, 1.54) is 17.5 Å². The molecule has 0 aromatic heterocycles. The number of rotatable bonds is 5. The van der Waals surface area contributed by atoms with Gasteiger partial charge in [-0.05, 0) is 51.4 Å². The van der Waals surface area contributed by atoms with Gasteiger partial charge in [0.05, 0.1) is 7.11 Å². The molecule has 0 saturated heterocycles. The van der Waals surface area contributed by atoms with Crippen LogP contribution in [-0.2, 0) is 12.0 Å². The first-order valence-corrected chi connectivity index (χ1v) is 6.66. The zero-order valence-electron chi connectivity index (χ0n) is 11.7. The summed E-state index contributed by atoms with van der Waals surface area (Å²) in [7, 11) is 5.92. The number of nitrogens with zero attached hydrogens (tertiary/aromatic N) is 1. The Kier molecular flexibility index (Phi) is 3.93. The third-order valence-corrected chi connectivity index (χ3v) is 3.89. The standard InChI is InChI=1S/C15H24N2O/c1-17(2)10-7-12-5-6-14(18-3)13(11-12)15(16)8-4-9-15/h5-6,11H,4,7-10,16H2,1-3H3. The van der Waals surface area contributed by atoms with Gasteiger partial charge in [0.15, 0.2) is 0 Å². The first-order chi connectivity index (χ1) is 8.55. The number of likely N-dealkylation sites (N-methyl/N-ethyl adjacent to an activating group) is 1. The maximum atomic E-state index is 6.43. The van der Waals surface area contributed by atoms with Crippen molar-refractivity contribution in [3.8, 4) is 5.75 Å². The van der Waals surface area contributed by atoms with Crippen molar-refractivity contribution < 1.29 is 4.74 Å². The molecule has 2 N–H and O–H groups in total. The molecule has 0 bridgehead atoms. The van der Waals surface area contributed by atoms with E-state index < -0.39 is 0 Å². The normalized spacial score (nSPS) is 17.6. The monoisotopic (exact) mass is 248 g/mol. The Hall–Kier alpha value is -1.06. The lowest BCUT2D eigenvalue weighted by Gasteiger charge is -2.39. The summed E-state index contributed by atoms with van der Waals surface area (Å²) in [6.07, 6.45) is 4.42. The zero-order valence-corrected chi connectivity index (χ0v) is 11.7. The molecule has 1 aliphatic rings. The molecule has 18 heavy (non-hydrogen) atoms. The molecule has 3 heteroatoms. The second-order valence-electron chi connectivity index (χ2n) is 5.60. The van der Waals surface area contributed by atoms with E-state index >= 15 is 0 Å². The van der Waals surface area contributed by atoms with Crippen LogP contribution in [-0.4, -0.2) is 32.6 Å². The summed E-state index contributed by atoms with van der Waals surface area (Å²) in [6, 6.07) is 6.45. The third-order valence-electron chi connectivity index (χ3n) is 3.89. The minimum Gasteiger partial charge on any atom is -0.496 e. The van der Waals surface area contributed by atoms with Crippen LogP contribution in [0, 0.1) is 0 Å². The Bertz CT molecular complexity index is 411. The van der Waals surface area contributed by atoms with Gasteiger partial charge in [0.2, 0.25) is 0 Å². The van der Waals surface area contributed by atoms with E-state index in [-0.39, 0.29) is 5.54 Å². The highest BCUT2D eigenvalue weighted by atomic mass is 16.5. The van der Waals surface area contributed by atoms with Gasteiger partial charge in [-0.2, -0.15) is 0 Å². The zero-order chi connectivity index (χ0) is 13.2. The van der Waals surface area contributed by atoms with Crippen molar-refractivity contribution in [3.63, 3.8) is 0 Å². The molecular weight excluding hydrogens is 224 g/mol. The SMILES string of the molecule is COc1ccc(CCN(C)C)cc1C1(N)CCC1. The smallest absolute Gasteiger partial charge is 0.123 e. The van der Waals surface area contributed by atoms with Crippen LogP contribution in [0.4, 0.5) is 0 Å². The van der Waals surface area contributed by atoms with Crippen molar-refractivity contribution in [2.75, 3.05) is 27.7 Å². The van der Waals surface area contributed by atoms with Crippen LogP contribution in [0.5, 0.6) is 5.75 Å². The van der Waals surface area contributed by atoms with Crippen LogP contribution in [0.2, 0.25) is 0 Å². The van der Waals surface area contributed by atoms with Crippen molar-refractivity contribution in [3.05, 3.63) is 29.3 Å². The topological polar surface area (TPSA) is 38.5 Å². The van der Waals surface area contributed by atoms with Crippen molar-refractivity contribution in [1.29, 1.82) is 0 Å². The number of methoxy groups -OCH3 is 1. The van der Waals surface area contributed by atoms with E-state index in [1.807, 2.05) is 0 Å². The van der Waals surface area contributed by atoms with Gasteiger partial charge >= 0.3 is 0 Å². The molecule has 3 nitrogen and oxygen atoms in total. The van der Waals surface area contributed by atoms with Crippen molar-refractivity contribution in [2.24, 2.45) is 5.73 Å². The summed E-state index contributed by atoms with van der Waals surface area (Å²) < 4.78 is 5.46. The second kappa shape index (κ2) is 5.29. The summed E-state index contributed by atoms with van der Waals surface area (Å²) >= 11 is 0. The number of hydrogen-bond acceptors (Lipinski definition) is 3. The summed E-state index contributed by atoms with van der Waals surface area (Å²) in [5, 5.41) is 0. The second-order valence-corrected chi connectivity index (χ2v) is 5.60. The molecule has 0 unspecified atom stereocenters. The predicted octanol–water partition coefficient (Wildman–Crippen LogP) is 2.14. The van der Waals surface area contributed by atoms with E-state index in [1.54, 1.807) is 7.11 Å². The molecule has 0 atom stereocenters. The first-order valence-electron chi connectivity index (χ1n) is 6.66. The summed E-state index contributed by atoms with van der Waals surface area (Å²) in [5.41, 5.74) is 8.81. The van der Waals surface area contributed by atoms with Gasteiger partial charge in [0, 0.05) is 17.6 Å². The van der Waals surface area contributed by atoms with Crippen molar-refractivity contribution >= 4 is 0 Å². The Morgan fingerprint density at radius 2 is 2.06 bits per heavy atom. The molecule has 0 aliphatic heterocycles. The molecule has 1 saturated carbocycles. The Morgan fingerprint density at radius 3 is 2.56 bits per heavy atom. The quantitative estimate of drug-likeness (QED) is 0.867. The molecule has 0 radical (unpaired) electrons. The highest BCUT2D eigenvalue weighted by Crippen LogP contribution is 2.43. The lowest BCUT2D eigenvalue weighted by atomic mass is 9.72. The number of benzene rings is 1. The Labute approximate surface area is 110 Å². The van der Waals surface area contributed by atoms with Gasteiger partial charge in [-0.25, -0.2) is 0 Å². The lowest BCUT2D eigenvalue weighted by Crippen LogP contribution is -2.43. The maximum Gasteiger partial charge on any atom is 0.123 e. The van der Waals surface area contributed by atoms with E-state index in [0.717, 1.165) is 31.6 Å². The predicted molar refractivity (Wildman–Crippen MR) is 75.0 cm³/mol. The summed E-state index contributed by atoms with van der Waals surface area (Å²) in [5.74, 6) is 0.936. The van der Waals surface area contributed by atoms with Crippen LogP contribution < -0.4 is 10.5 Å². The maximum absolute atomic E-state index is 6.43. The van der Waals surface area contributed by atoms with E-state index in [9.17, 15) is 0 Å². The van der Waals surface area contributed by atoms with Gasteiger partial charge in [-0.1, -0.05) is 12.1 Å². The molecule has 0 spiro atoms. The third kappa shape index (κ3) is 2.68. The first kappa shape index (κ1) is 13.4. The van der Waals surface area contributed by atoms with Gasteiger partial charge < -0.3 is 15.4 Å². The minimum absolute atomic E-state index is 0.153. The number of nitrogens with two attached hydrogens (primary N) is 1. The highest BCUT2D eigenvalue weighted by Gasteiger charge is 2.36. The van der Waals surface area contributed by atoms with E-state index in [2.05, 4.69) is 37.2 Å². The largest absolute Gasteiger partial charge is 0.496 e. The van der Waals surface area contributed by atoms with Gasteiger partial charge in [0.1, 0.15) is 5.75 Å². The Morgan fingerprint density at radius 1 is 1.33 bits per heavy atom. The molecule has 1 aliphatic carbocycles. The van der Waals surface area contributed by atoms with Crippen LogP contribution >= 0.6 is 0 Å². The van der Waals surface area contributed by atoms with Crippen LogP contribution in [0.3, 0.4) is 0 Å². The van der Waals surface area contributed by atoms with Crippen LogP contribution in [0.1, 0.15) is 30.4 Å². The van der Waals surface area contributed by atoms with E-state index in [0.29, 0.717) is 0 Å². The van der Waals surface area contributed by atoms with Gasteiger partial charge in [-0.3, -0.25) is 0 Å². The fraction of sp³-hybridized carbons (Fsp3) is 0.600. The molecule has 1 aromatic carbocycles. The lowest BCUT2D eigenvalue weighted by molar-refractivity contribution is 0.243. The summed E-state index contributed by atoms with van der Waals surface area (Å²) in [4.78, 5) is 2.20. The van der Waals surface area contributed by atoms with Crippen molar-refractivity contribution in [2.45, 2.75) is 31.2 Å². The highest BCUT2D eigenvalue weighted by molar-refractivity contribution is 5.43. The van der Waals surface area contributed by atoms with Crippen LogP contribution in [0.15, 0.2) is 18.2 Å². The average molecular weight is 248 g/mol. The fourth-order valence-electron chi connectivity index (χ4n) is 2.48. The molecule has 1 aromatic rings. The van der Waals surface area contributed by atoms with Crippen molar-refractivity contribution in [1.82, 2.24) is 4.90 Å². The van der Waals surface area contributed by atoms with E-state index in [4.69, 9.17) is 10.5 Å². The molecule has 1 fully saturated rings. The Balaban J connectivity index is 2.22. The van der Waals surface area contributed by atoms with Crippen LogP contribution in [0.25, 0.3) is 0 Å². The molecule has 2 rings (SSSR count). The number of hydrogen-bond donors (Lipinski definition) is 1. The number of ether oxygens (including phenoxy) is 1. The summed E-state index contributed by atoms with van der Waals surface area (Å²) in [6.45, 7) is 1.06. The average Bonchev–Trinajstić information content (AvgIpc) is 2.33. The van der Waals surface area contributed by atoms with Gasteiger partial charge in [-0.15, -0.1) is 0 Å². The molecular formula is C15H24N2O. The fourth-order valence-corrected chi connectivity index (χ4v) is 2.48. The van der Waals surface area contributed by atoms with Gasteiger partial charge in [0.25, 0.3) is 0 Å².